The number of ether oxygens (including phenoxy) is 2. The molecule has 5 heteroatoms. The molecule has 0 aromatic carbocycles. The summed E-state index contributed by atoms with van der Waals surface area (Å²) < 4.78 is 9.45. The van der Waals surface area contributed by atoms with Crippen molar-refractivity contribution < 1.29 is 24.2 Å². The highest BCUT2D eigenvalue weighted by atomic mass is 16.5. The predicted molar refractivity (Wildman–Crippen MR) is 57.6 cm³/mol. The molecule has 5 nitrogen and oxygen atoms in total. The molecule has 0 unspecified atom stereocenters. The van der Waals surface area contributed by atoms with Crippen molar-refractivity contribution in [2.24, 2.45) is 5.92 Å². The molecule has 0 aliphatic rings. The monoisotopic (exact) mass is 230 g/mol. The van der Waals surface area contributed by atoms with Crippen LogP contribution in [0.5, 0.6) is 0 Å². The molecule has 0 aromatic heterocycles. The average molecular weight is 230 g/mol. The summed E-state index contributed by atoms with van der Waals surface area (Å²) in [5, 5.41) is 8.82. The first kappa shape index (κ1) is 14.6. The molecule has 0 aliphatic carbocycles. The fourth-order valence-electron chi connectivity index (χ4n) is 0.953. The molecule has 0 heterocycles. The van der Waals surface area contributed by atoms with Crippen LogP contribution in [0, 0.1) is 5.92 Å². The molecule has 0 spiro atoms. The molecule has 0 rings (SSSR count). The van der Waals surface area contributed by atoms with E-state index in [1.807, 2.05) is 0 Å². The highest BCUT2D eigenvalue weighted by Gasteiger charge is 2.15. The van der Waals surface area contributed by atoms with Crippen molar-refractivity contribution >= 4 is 11.9 Å². The summed E-state index contributed by atoms with van der Waals surface area (Å²) in [6.07, 6.45) is 3.13. The number of esters is 2. The lowest BCUT2D eigenvalue weighted by Crippen LogP contribution is -2.20. The molecule has 0 fully saturated rings. The van der Waals surface area contributed by atoms with Gasteiger partial charge in [0.1, 0.15) is 6.61 Å². The lowest BCUT2D eigenvalue weighted by molar-refractivity contribution is -0.149. The summed E-state index contributed by atoms with van der Waals surface area (Å²) in [6.45, 7) is 3.59. The van der Waals surface area contributed by atoms with Crippen molar-refractivity contribution in [2.75, 3.05) is 19.8 Å². The van der Waals surface area contributed by atoms with Gasteiger partial charge in [0.25, 0.3) is 0 Å². The Bertz CT molecular complexity index is 243. The molecule has 1 atom stereocenters. The fourth-order valence-corrected chi connectivity index (χ4v) is 0.953. The van der Waals surface area contributed by atoms with Gasteiger partial charge in [-0.3, -0.25) is 4.79 Å². The summed E-state index contributed by atoms with van der Waals surface area (Å²) in [5.41, 5.74) is 0. The molecule has 0 aromatic rings. The molecule has 0 saturated heterocycles. The van der Waals surface area contributed by atoms with E-state index in [0.717, 1.165) is 0 Å². The van der Waals surface area contributed by atoms with Crippen LogP contribution in [-0.4, -0.2) is 36.9 Å². The Kier molecular flexibility index (Phi) is 8.15. The van der Waals surface area contributed by atoms with Gasteiger partial charge in [-0.1, -0.05) is 6.92 Å². The van der Waals surface area contributed by atoms with Crippen LogP contribution >= 0.6 is 0 Å². The number of hydrogen-bond donors (Lipinski definition) is 1. The first-order valence-electron chi connectivity index (χ1n) is 5.26. The quantitative estimate of drug-likeness (QED) is 0.514. The van der Waals surface area contributed by atoms with Crippen LogP contribution in [0.3, 0.4) is 0 Å². The standard InChI is InChI=1S/C11H18O5/c1-3-9(8-12)11(14)16-7-5-6-10(13)15-4-2/h5-6,9,12H,3-4,7-8H2,1-2H3/b6-5+/t9-/m1/s1. The van der Waals surface area contributed by atoms with Crippen LogP contribution in [0.15, 0.2) is 12.2 Å². The Hall–Kier alpha value is -1.36. The van der Waals surface area contributed by atoms with Gasteiger partial charge < -0.3 is 14.6 Å². The Morgan fingerprint density at radius 1 is 1.31 bits per heavy atom. The van der Waals surface area contributed by atoms with E-state index in [-0.39, 0.29) is 13.2 Å². The Balaban J connectivity index is 3.80. The topological polar surface area (TPSA) is 72.8 Å². The SMILES string of the molecule is CCOC(=O)/C=C/COC(=O)[C@H](CC)CO. The number of hydrogen-bond acceptors (Lipinski definition) is 5. The van der Waals surface area contributed by atoms with Crippen LogP contribution < -0.4 is 0 Å². The zero-order valence-corrected chi connectivity index (χ0v) is 9.64. The smallest absolute Gasteiger partial charge is 0.330 e. The Morgan fingerprint density at radius 3 is 2.50 bits per heavy atom. The fraction of sp³-hybridized carbons (Fsp3) is 0.636. The van der Waals surface area contributed by atoms with Gasteiger partial charge in [0.15, 0.2) is 0 Å². The van der Waals surface area contributed by atoms with Crippen molar-refractivity contribution in [1.29, 1.82) is 0 Å². The highest BCUT2D eigenvalue weighted by Crippen LogP contribution is 2.03. The molecule has 92 valence electrons. The third kappa shape index (κ3) is 6.19. The zero-order valence-electron chi connectivity index (χ0n) is 9.64. The van der Waals surface area contributed by atoms with E-state index in [4.69, 9.17) is 9.84 Å². The van der Waals surface area contributed by atoms with Crippen LogP contribution in [0.1, 0.15) is 20.3 Å². The third-order valence-corrected chi connectivity index (χ3v) is 1.91. The zero-order chi connectivity index (χ0) is 12.4. The van der Waals surface area contributed by atoms with Crippen LogP contribution in [0.25, 0.3) is 0 Å². The number of carbonyl (C=O) groups is 2. The maximum atomic E-state index is 11.2. The van der Waals surface area contributed by atoms with E-state index in [0.29, 0.717) is 13.0 Å². The predicted octanol–water partition coefficient (Wildman–Crippen LogP) is 0.667. The van der Waals surface area contributed by atoms with E-state index in [1.165, 1.54) is 12.2 Å². The van der Waals surface area contributed by atoms with Crippen molar-refractivity contribution in [1.82, 2.24) is 0 Å². The van der Waals surface area contributed by atoms with Crippen molar-refractivity contribution in [3.8, 4) is 0 Å². The molecule has 1 N–H and O–H groups in total. The first-order valence-corrected chi connectivity index (χ1v) is 5.26. The number of aliphatic hydroxyl groups is 1. The number of aliphatic hydroxyl groups excluding tert-OH is 1. The molecule has 16 heavy (non-hydrogen) atoms. The lowest BCUT2D eigenvalue weighted by Gasteiger charge is -2.09. The van der Waals surface area contributed by atoms with E-state index < -0.39 is 17.9 Å². The van der Waals surface area contributed by atoms with Crippen LogP contribution in [0.4, 0.5) is 0 Å². The van der Waals surface area contributed by atoms with Gasteiger partial charge >= 0.3 is 11.9 Å². The summed E-state index contributed by atoms with van der Waals surface area (Å²) >= 11 is 0. The number of carbonyl (C=O) groups excluding carboxylic acids is 2. The van der Waals surface area contributed by atoms with Gasteiger partial charge in [-0.05, 0) is 19.4 Å². The molecule has 0 aliphatic heterocycles. The second-order valence-corrected chi connectivity index (χ2v) is 3.07. The van der Waals surface area contributed by atoms with Gasteiger partial charge in [-0.25, -0.2) is 4.79 Å². The van der Waals surface area contributed by atoms with Gasteiger partial charge in [-0.2, -0.15) is 0 Å². The molecule has 0 bridgehead atoms. The minimum absolute atomic E-state index is 0.00808. The van der Waals surface area contributed by atoms with Crippen molar-refractivity contribution in [3.63, 3.8) is 0 Å². The minimum Gasteiger partial charge on any atom is -0.463 e. The Morgan fingerprint density at radius 2 is 2.00 bits per heavy atom. The largest absolute Gasteiger partial charge is 0.463 e. The normalized spacial score (nSPS) is 12.4. The maximum Gasteiger partial charge on any atom is 0.330 e. The highest BCUT2D eigenvalue weighted by molar-refractivity contribution is 5.82. The second-order valence-electron chi connectivity index (χ2n) is 3.07. The van der Waals surface area contributed by atoms with Crippen LogP contribution in [0.2, 0.25) is 0 Å². The average Bonchev–Trinajstić information content (AvgIpc) is 2.26. The van der Waals surface area contributed by atoms with Gasteiger partial charge in [0.2, 0.25) is 0 Å². The van der Waals surface area contributed by atoms with Crippen molar-refractivity contribution in [3.05, 3.63) is 12.2 Å². The summed E-state index contributed by atoms with van der Waals surface area (Å²) in [5.74, 6) is -1.41. The molecule has 0 saturated carbocycles. The van der Waals surface area contributed by atoms with E-state index in [2.05, 4.69) is 4.74 Å². The van der Waals surface area contributed by atoms with E-state index in [1.54, 1.807) is 13.8 Å². The van der Waals surface area contributed by atoms with Gasteiger partial charge in [0.05, 0.1) is 19.1 Å². The molecule has 0 radical (unpaired) electrons. The summed E-state index contributed by atoms with van der Waals surface area (Å²) in [7, 11) is 0. The Labute approximate surface area is 95.0 Å². The summed E-state index contributed by atoms with van der Waals surface area (Å²) in [4.78, 5) is 22.1. The maximum absolute atomic E-state index is 11.2. The molecule has 0 amide bonds. The summed E-state index contributed by atoms with van der Waals surface area (Å²) in [6, 6.07) is 0. The van der Waals surface area contributed by atoms with Gasteiger partial charge in [0, 0.05) is 6.08 Å². The van der Waals surface area contributed by atoms with Crippen molar-refractivity contribution in [2.45, 2.75) is 20.3 Å². The van der Waals surface area contributed by atoms with E-state index in [9.17, 15) is 9.59 Å². The van der Waals surface area contributed by atoms with Crippen LogP contribution in [-0.2, 0) is 19.1 Å². The minimum atomic E-state index is -0.490. The van der Waals surface area contributed by atoms with Gasteiger partial charge in [-0.15, -0.1) is 0 Å². The van der Waals surface area contributed by atoms with E-state index >= 15 is 0 Å². The number of rotatable bonds is 7. The second kappa shape index (κ2) is 8.91. The molecular formula is C11H18O5. The first-order chi connectivity index (χ1) is 7.65. The molecular weight excluding hydrogens is 212 g/mol. The lowest BCUT2D eigenvalue weighted by atomic mass is 10.1. The third-order valence-electron chi connectivity index (χ3n) is 1.91.